The number of aliphatic hydroxyl groups excluding tert-OH is 1. The Labute approximate surface area is 341 Å². The second-order valence-electron chi connectivity index (χ2n) is 17.0. The van der Waals surface area contributed by atoms with E-state index < -0.39 is 82.7 Å². The third kappa shape index (κ3) is 7.30. The summed E-state index contributed by atoms with van der Waals surface area (Å²) >= 11 is 0. The van der Waals surface area contributed by atoms with Crippen LogP contribution in [-0.4, -0.2) is 88.2 Å². The van der Waals surface area contributed by atoms with Crippen LogP contribution in [0.25, 0.3) is 10.8 Å². The first kappa shape index (κ1) is 42.0. The highest BCUT2D eigenvalue weighted by atomic mass is 19.1. The number of ether oxygens (including phenoxy) is 2. The molecule has 3 aromatic rings. The van der Waals surface area contributed by atoms with Crippen molar-refractivity contribution in [2.45, 2.75) is 76.4 Å². The third-order valence-electron chi connectivity index (χ3n) is 13.8. The van der Waals surface area contributed by atoms with E-state index in [1.807, 2.05) is 18.2 Å². The van der Waals surface area contributed by atoms with Crippen molar-refractivity contribution in [3.63, 3.8) is 0 Å². The molecule has 0 radical (unpaired) electrons. The Kier molecular flexibility index (Phi) is 11.5. The second-order valence-corrected chi connectivity index (χ2v) is 17.0. The summed E-state index contributed by atoms with van der Waals surface area (Å²) < 4.78 is 28.0. The van der Waals surface area contributed by atoms with Crippen molar-refractivity contribution in [2.24, 2.45) is 34.3 Å². The minimum atomic E-state index is -2.11. The number of rotatable bonds is 13. The van der Waals surface area contributed by atoms with E-state index in [1.54, 1.807) is 69.6 Å². The topological polar surface area (TPSA) is 207 Å². The smallest absolute Gasteiger partial charge is 0.320 e. The van der Waals surface area contributed by atoms with Crippen LogP contribution in [0.1, 0.15) is 63.5 Å². The van der Waals surface area contributed by atoms with Crippen LogP contribution in [0.2, 0.25) is 0 Å². The molecule has 59 heavy (non-hydrogen) atoms. The molecular formula is C45H51FN4O9. The first-order chi connectivity index (χ1) is 28.0. The van der Waals surface area contributed by atoms with E-state index in [9.17, 15) is 34.2 Å². The van der Waals surface area contributed by atoms with Crippen molar-refractivity contribution in [3.8, 4) is 0 Å². The number of allylic oxidation sites excluding steroid dienone is 4. The monoisotopic (exact) mass is 810 g/mol. The number of halogens is 1. The van der Waals surface area contributed by atoms with Crippen molar-refractivity contribution >= 4 is 45.9 Å². The number of nitrogens with zero attached hydrogens (tertiary/aromatic N) is 1. The number of fused-ring (bicyclic) bond motifs is 6. The molecule has 3 saturated carbocycles. The maximum atomic E-state index is 17.4. The van der Waals surface area contributed by atoms with Gasteiger partial charge in [-0.25, -0.2) is 4.39 Å². The van der Waals surface area contributed by atoms with Crippen LogP contribution in [-0.2, 0) is 40.1 Å². The van der Waals surface area contributed by atoms with Crippen molar-refractivity contribution in [2.75, 3.05) is 31.6 Å². The average Bonchev–Trinajstić information content (AvgIpc) is 3.41. The Balaban J connectivity index is 0.866. The van der Waals surface area contributed by atoms with Crippen LogP contribution in [0.5, 0.6) is 0 Å². The number of esters is 2. The van der Waals surface area contributed by atoms with Crippen molar-refractivity contribution in [3.05, 3.63) is 95.9 Å². The molecule has 1 unspecified atom stereocenters. The number of ketones is 2. The summed E-state index contributed by atoms with van der Waals surface area (Å²) in [5.74, 6) is -5.07. The fraction of sp³-hybridized carbons (Fsp3) is 0.467. The summed E-state index contributed by atoms with van der Waals surface area (Å²) in [7, 11) is 0. The van der Waals surface area contributed by atoms with Gasteiger partial charge < -0.3 is 30.7 Å². The fourth-order valence-corrected chi connectivity index (χ4v) is 10.6. The number of hydrogen-bond acceptors (Lipinski definition) is 12. The van der Waals surface area contributed by atoms with Crippen LogP contribution >= 0.6 is 0 Å². The van der Waals surface area contributed by atoms with Crippen molar-refractivity contribution in [1.29, 1.82) is 0 Å². The van der Waals surface area contributed by atoms with Crippen molar-refractivity contribution in [1.82, 2.24) is 10.3 Å². The lowest BCUT2D eigenvalue weighted by Gasteiger charge is -2.62. The molecule has 3 fully saturated rings. The quantitative estimate of drug-likeness (QED) is 0.155. The molecule has 6 N–H and O–H groups in total. The molecule has 4 aliphatic carbocycles. The van der Waals surface area contributed by atoms with Gasteiger partial charge >= 0.3 is 11.9 Å². The zero-order valence-corrected chi connectivity index (χ0v) is 33.4. The first-order valence-corrected chi connectivity index (χ1v) is 20.1. The van der Waals surface area contributed by atoms with E-state index >= 15 is 4.39 Å². The molecule has 1 heterocycles. The number of alkyl halides is 1. The minimum Gasteiger partial charge on any atom is -0.460 e. The molecule has 13 nitrogen and oxygen atoms in total. The predicted octanol–water partition coefficient (Wildman–Crippen LogP) is 4.01. The Morgan fingerprint density at radius 1 is 1.02 bits per heavy atom. The summed E-state index contributed by atoms with van der Waals surface area (Å²) in [5.41, 5.74) is 2.09. The first-order valence-electron chi connectivity index (χ1n) is 20.1. The highest BCUT2D eigenvalue weighted by Crippen LogP contribution is 2.70. The number of nitrogens with two attached hydrogens (primary N) is 1. The average molecular weight is 811 g/mol. The van der Waals surface area contributed by atoms with Crippen LogP contribution in [0, 0.1) is 28.6 Å². The van der Waals surface area contributed by atoms with Gasteiger partial charge in [-0.2, -0.15) is 0 Å². The molecule has 0 saturated heterocycles. The van der Waals surface area contributed by atoms with Gasteiger partial charge in [0, 0.05) is 46.8 Å². The highest BCUT2D eigenvalue weighted by Gasteiger charge is 2.75. The van der Waals surface area contributed by atoms with Crippen molar-refractivity contribution < 1.29 is 48.0 Å². The number of Topliss-reactive ketones (excluding diaryl/α,β-unsaturated/α-hetero) is 1. The third-order valence-corrected chi connectivity index (χ3v) is 13.8. The van der Waals surface area contributed by atoms with Gasteiger partial charge in [0.2, 0.25) is 11.7 Å². The zero-order chi connectivity index (χ0) is 42.3. The predicted molar refractivity (Wildman–Crippen MR) is 215 cm³/mol. The number of aromatic nitrogens is 1. The van der Waals surface area contributed by atoms with E-state index in [0.717, 1.165) is 10.8 Å². The minimum absolute atomic E-state index is 0.0612. The van der Waals surface area contributed by atoms with Gasteiger partial charge in [-0.05, 0) is 91.3 Å². The molecule has 1 amide bonds. The van der Waals surface area contributed by atoms with E-state index in [0.29, 0.717) is 41.6 Å². The number of carbonyl (C=O) groups is 5. The number of benzene rings is 2. The number of carbonyl (C=O) groups excluding carboxylic acids is 5. The van der Waals surface area contributed by atoms with E-state index in [1.165, 1.54) is 12.2 Å². The molecule has 7 rings (SSSR count). The van der Waals surface area contributed by atoms with E-state index in [2.05, 4.69) is 15.6 Å². The Hall–Kier alpha value is -5.15. The number of amides is 1. The van der Waals surface area contributed by atoms with E-state index in [4.69, 9.17) is 15.2 Å². The van der Waals surface area contributed by atoms with Gasteiger partial charge in [0.25, 0.3) is 0 Å². The molecule has 0 bridgehead atoms. The van der Waals surface area contributed by atoms with Crippen LogP contribution < -0.4 is 16.4 Å². The number of pyridine rings is 1. The van der Waals surface area contributed by atoms with Gasteiger partial charge in [-0.1, -0.05) is 55.8 Å². The van der Waals surface area contributed by atoms with Gasteiger partial charge in [-0.15, -0.1) is 0 Å². The normalized spacial score (nSPS) is 31.3. The lowest BCUT2D eigenvalue weighted by atomic mass is 9.44. The maximum Gasteiger partial charge on any atom is 0.320 e. The lowest BCUT2D eigenvalue weighted by Crippen LogP contribution is -2.69. The lowest BCUT2D eigenvalue weighted by molar-refractivity contribution is -0.220. The second kappa shape index (κ2) is 16.1. The summed E-state index contributed by atoms with van der Waals surface area (Å²) in [5, 5.41) is 31.1. The molecular weight excluding hydrogens is 760 g/mol. The summed E-state index contributed by atoms with van der Waals surface area (Å²) in [4.78, 5) is 68.2. The summed E-state index contributed by atoms with van der Waals surface area (Å²) in [6.45, 7) is 3.66. The number of aliphatic hydroxyl groups is 2. The van der Waals surface area contributed by atoms with Crippen LogP contribution in [0.4, 0.5) is 10.1 Å². The maximum absolute atomic E-state index is 17.4. The largest absolute Gasteiger partial charge is 0.460 e. The molecule has 4 aliphatic rings. The molecule has 312 valence electrons. The van der Waals surface area contributed by atoms with Gasteiger partial charge in [0.1, 0.15) is 12.2 Å². The Morgan fingerprint density at radius 3 is 2.47 bits per heavy atom. The highest BCUT2D eigenvalue weighted by molar-refractivity contribution is 6.01. The van der Waals surface area contributed by atoms with Gasteiger partial charge in [-0.3, -0.25) is 34.3 Å². The number of anilines is 1. The van der Waals surface area contributed by atoms with Gasteiger partial charge in [0.15, 0.2) is 18.1 Å². The zero-order valence-electron chi connectivity index (χ0n) is 33.4. The molecule has 1 aromatic heterocycles. The molecule has 14 heteroatoms. The number of hydrogen-bond donors (Lipinski definition) is 5. The Morgan fingerprint density at radius 2 is 1.75 bits per heavy atom. The van der Waals surface area contributed by atoms with E-state index in [-0.39, 0.29) is 37.8 Å². The van der Waals surface area contributed by atoms with Gasteiger partial charge in [0.05, 0.1) is 25.1 Å². The standard InChI is InChI=1S/C45H51FN4O9/c1-26-16-36-35-11-9-31-18-33(51)12-14-42(31,2)44(35,46)37(52)19-43(36,3)45(26,57)38(53)25-59-40(55)23-49-22-39(54)58-24-27-4-6-28(7-5-27)34(20-47)41(56)50-32-10-8-30-21-48-15-13-29(30)17-32/h4-8,10,12-15,17-18,21,26,34-37,49,52,57H,9,11,16,19-20,22-25,47H2,1-3H3,(H,50,56)/t26-,34+,35-,36?,37-,42-,43-,44-,45-/m0/s1. The molecule has 0 aliphatic heterocycles. The molecule has 2 aromatic carbocycles. The SMILES string of the molecule is C[C@H]1CC2[C@@H]3CCC4=CC(=O)C=C[C@]4(C)[C@@]3(F)[C@@H](O)C[C@]2(C)[C@@]1(O)C(=O)COC(=O)CNCC(=O)OCc1ccc([C@@H](CN)C(=O)Nc2ccc3cnccc3c2)cc1. The molecule has 9 atom stereocenters. The summed E-state index contributed by atoms with van der Waals surface area (Å²) in [6.07, 6.45) is 7.20. The fourth-order valence-electron chi connectivity index (χ4n) is 10.6. The van der Waals surface area contributed by atoms with Crippen LogP contribution in [0.15, 0.2) is 84.7 Å². The summed E-state index contributed by atoms with van der Waals surface area (Å²) in [6, 6.07) is 14.4. The van der Waals surface area contributed by atoms with Crippen LogP contribution in [0.3, 0.4) is 0 Å². The Bertz CT molecular complexity index is 2230. The molecule has 0 spiro atoms. The number of nitrogens with one attached hydrogen (secondary N) is 2.